The Balaban J connectivity index is 2.30. The summed E-state index contributed by atoms with van der Waals surface area (Å²) >= 11 is 0. The molecule has 1 aliphatic rings. The average Bonchev–Trinajstić information content (AvgIpc) is 2.38. The van der Waals surface area contributed by atoms with Gasteiger partial charge in [-0.05, 0) is 37.8 Å². The van der Waals surface area contributed by atoms with Crippen molar-refractivity contribution in [1.82, 2.24) is 4.90 Å². The normalized spacial score (nSPS) is 19.9. The maximum Gasteiger partial charge on any atom is 0.260 e. The van der Waals surface area contributed by atoms with Gasteiger partial charge >= 0.3 is 0 Å². The van der Waals surface area contributed by atoms with Crippen molar-refractivity contribution in [3.8, 4) is 0 Å². The largest absolute Gasteiger partial charge is 0.335 e. The van der Waals surface area contributed by atoms with Crippen LogP contribution in [0.2, 0.25) is 0 Å². The van der Waals surface area contributed by atoms with Gasteiger partial charge in [-0.25, -0.2) is 8.78 Å². The molecular formula is C14H17F2NO. The number of piperidine rings is 1. The highest BCUT2D eigenvalue weighted by Gasteiger charge is 2.29. The van der Waals surface area contributed by atoms with Crippen LogP contribution in [0.3, 0.4) is 0 Å². The zero-order valence-electron chi connectivity index (χ0n) is 10.5. The zero-order valence-corrected chi connectivity index (χ0v) is 10.5. The number of nitrogens with zero attached hydrogens (tertiary/aromatic N) is 1. The summed E-state index contributed by atoms with van der Waals surface area (Å²) in [6.07, 6.45) is 3.71. The van der Waals surface area contributed by atoms with Gasteiger partial charge in [-0.3, -0.25) is 4.79 Å². The van der Waals surface area contributed by atoms with Gasteiger partial charge in [-0.15, -0.1) is 0 Å². The van der Waals surface area contributed by atoms with Crippen LogP contribution in [0.15, 0.2) is 18.2 Å². The average molecular weight is 253 g/mol. The second-order valence-electron chi connectivity index (χ2n) is 4.65. The first-order valence-electron chi connectivity index (χ1n) is 6.40. The van der Waals surface area contributed by atoms with Crippen molar-refractivity contribution in [2.75, 3.05) is 6.54 Å². The minimum atomic E-state index is -0.777. The van der Waals surface area contributed by atoms with Crippen LogP contribution in [0.25, 0.3) is 0 Å². The van der Waals surface area contributed by atoms with E-state index in [4.69, 9.17) is 0 Å². The third-order valence-electron chi connectivity index (χ3n) is 3.54. The molecule has 4 heteroatoms. The third kappa shape index (κ3) is 2.37. The van der Waals surface area contributed by atoms with Crippen LogP contribution in [0.5, 0.6) is 0 Å². The predicted molar refractivity (Wildman–Crippen MR) is 65.3 cm³/mol. The molecule has 1 fully saturated rings. The van der Waals surface area contributed by atoms with E-state index in [1.54, 1.807) is 4.90 Å². The number of halogens is 2. The zero-order chi connectivity index (χ0) is 13.1. The van der Waals surface area contributed by atoms with Gasteiger partial charge in [0, 0.05) is 12.6 Å². The molecule has 0 saturated carbocycles. The van der Waals surface area contributed by atoms with Crippen LogP contribution in [-0.2, 0) is 0 Å². The quantitative estimate of drug-likeness (QED) is 0.791. The second kappa shape index (κ2) is 5.46. The molecule has 0 aromatic heterocycles. The van der Waals surface area contributed by atoms with Crippen molar-refractivity contribution < 1.29 is 13.6 Å². The molecule has 0 spiro atoms. The molecule has 1 atom stereocenters. The van der Waals surface area contributed by atoms with E-state index in [0.29, 0.717) is 6.54 Å². The molecule has 98 valence electrons. The fourth-order valence-electron chi connectivity index (χ4n) is 2.54. The predicted octanol–water partition coefficient (Wildman–Crippen LogP) is 3.37. The summed E-state index contributed by atoms with van der Waals surface area (Å²) in [7, 11) is 0. The fraction of sp³-hybridized carbons (Fsp3) is 0.500. The van der Waals surface area contributed by atoms with E-state index in [0.717, 1.165) is 37.8 Å². The standard InChI is InChI=1S/C14H17F2NO/c1-2-10-6-3-4-9-17(10)14(18)13-11(15)7-5-8-12(13)16/h5,7-8,10H,2-4,6,9H2,1H3/t10-/m0/s1. The SMILES string of the molecule is CC[C@H]1CCCCN1C(=O)c1c(F)cccc1F. The number of amides is 1. The first-order chi connectivity index (χ1) is 8.65. The van der Waals surface area contributed by atoms with Gasteiger partial charge in [0.15, 0.2) is 0 Å². The molecule has 0 N–H and O–H groups in total. The second-order valence-corrected chi connectivity index (χ2v) is 4.65. The van der Waals surface area contributed by atoms with Gasteiger partial charge in [0.05, 0.1) is 0 Å². The number of carbonyl (C=O) groups is 1. The molecule has 1 aromatic carbocycles. The van der Waals surface area contributed by atoms with Crippen LogP contribution in [-0.4, -0.2) is 23.4 Å². The molecule has 1 amide bonds. The van der Waals surface area contributed by atoms with Crippen molar-refractivity contribution >= 4 is 5.91 Å². The lowest BCUT2D eigenvalue weighted by Crippen LogP contribution is -2.44. The number of likely N-dealkylation sites (tertiary alicyclic amines) is 1. The van der Waals surface area contributed by atoms with Gasteiger partial charge in [0.2, 0.25) is 0 Å². The molecule has 1 heterocycles. The molecule has 1 aromatic rings. The first-order valence-corrected chi connectivity index (χ1v) is 6.40. The molecule has 0 unspecified atom stereocenters. The number of hydrogen-bond acceptors (Lipinski definition) is 1. The molecule has 1 aliphatic heterocycles. The van der Waals surface area contributed by atoms with Gasteiger partial charge in [-0.2, -0.15) is 0 Å². The van der Waals surface area contributed by atoms with Crippen molar-refractivity contribution in [3.63, 3.8) is 0 Å². The van der Waals surface area contributed by atoms with Crippen molar-refractivity contribution in [2.45, 2.75) is 38.6 Å². The monoisotopic (exact) mass is 253 g/mol. The Morgan fingerprint density at radius 3 is 2.61 bits per heavy atom. The van der Waals surface area contributed by atoms with Crippen molar-refractivity contribution in [3.05, 3.63) is 35.4 Å². The smallest absolute Gasteiger partial charge is 0.260 e. The lowest BCUT2D eigenvalue weighted by molar-refractivity contribution is 0.0598. The summed E-state index contributed by atoms with van der Waals surface area (Å²) in [6.45, 7) is 2.58. The molecule has 0 radical (unpaired) electrons. The molecule has 2 rings (SSSR count). The van der Waals surface area contributed by atoms with Gasteiger partial charge in [0.25, 0.3) is 5.91 Å². The van der Waals surface area contributed by atoms with E-state index >= 15 is 0 Å². The van der Waals surface area contributed by atoms with Crippen LogP contribution in [0.4, 0.5) is 8.78 Å². The summed E-state index contributed by atoms with van der Waals surface area (Å²) in [5, 5.41) is 0. The maximum atomic E-state index is 13.6. The van der Waals surface area contributed by atoms with E-state index < -0.39 is 23.1 Å². The molecule has 2 nitrogen and oxygen atoms in total. The maximum absolute atomic E-state index is 13.6. The van der Waals surface area contributed by atoms with Gasteiger partial charge in [0.1, 0.15) is 17.2 Å². The topological polar surface area (TPSA) is 20.3 Å². The van der Waals surface area contributed by atoms with E-state index in [9.17, 15) is 13.6 Å². The third-order valence-corrected chi connectivity index (χ3v) is 3.54. The Labute approximate surface area is 106 Å². The summed E-state index contributed by atoms with van der Waals surface area (Å²) in [5.74, 6) is -2.07. The van der Waals surface area contributed by atoms with E-state index in [2.05, 4.69) is 0 Å². The van der Waals surface area contributed by atoms with Gasteiger partial charge in [-0.1, -0.05) is 13.0 Å². The number of rotatable bonds is 2. The Morgan fingerprint density at radius 1 is 1.33 bits per heavy atom. The highest BCUT2D eigenvalue weighted by Crippen LogP contribution is 2.23. The minimum Gasteiger partial charge on any atom is -0.335 e. The number of benzene rings is 1. The molecule has 18 heavy (non-hydrogen) atoms. The summed E-state index contributed by atoms with van der Waals surface area (Å²) in [4.78, 5) is 13.9. The summed E-state index contributed by atoms with van der Waals surface area (Å²) < 4.78 is 27.2. The van der Waals surface area contributed by atoms with E-state index in [1.807, 2.05) is 6.92 Å². The van der Waals surface area contributed by atoms with Crippen LogP contribution >= 0.6 is 0 Å². The lowest BCUT2D eigenvalue weighted by Gasteiger charge is -2.35. The lowest BCUT2D eigenvalue weighted by atomic mass is 9.98. The highest BCUT2D eigenvalue weighted by molar-refractivity contribution is 5.95. The first kappa shape index (κ1) is 13.0. The molecule has 0 aliphatic carbocycles. The highest BCUT2D eigenvalue weighted by atomic mass is 19.1. The van der Waals surface area contributed by atoms with Crippen LogP contribution in [0, 0.1) is 11.6 Å². The van der Waals surface area contributed by atoms with Crippen molar-refractivity contribution in [1.29, 1.82) is 0 Å². The summed E-state index contributed by atoms with van der Waals surface area (Å²) in [5.41, 5.74) is -0.419. The fourth-order valence-corrected chi connectivity index (χ4v) is 2.54. The number of hydrogen-bond donors (Lipinski definition) is 0. The van der Waals surface area contributed by atoms with E-state index in [-0.39, 0.29) is 6.04 Å². The Hall–Kier alpha value is -1.45. The molecular weight excluding hydrogens is 236 g/mol. The van der Waals surface area contributed by atoms with Crippen LogP contribution in [0.1, 0.15) is 43.0 Å². The van der Waals surface area contributed by atoms with Crippen molar-refractivity contribution in [2.24, 2.45) is 0 Å². The Bertz CT molecular complexity index is 427. The van der Waals surface area contributed by atoms with Crippen LogP contribution < -0.4 is 0 Å². The van der Waals surface area contributed by atoms with E-state index in [1.165, 1.54) is 6.07 Å². The molecule has 1 saturated heterocycles. The minimum absolute atomic E-state index is 0.102. The molecule has 0 bridgehead atoms. The summed E-state index contributed by atoms with van der Waals surface area (Å²) in [6, 6.07) is 3.63. The Kier molecular flexibility index (Phi) is 3.94. The Morgan fingerprint density at radius 2 is 2.00 bits per heavy atom. The van der Waals surface area contributed by atoms with Gasteiger partial charge < -0.3 is 4.90 Å². The number of carbonyl (C=O) groups excluding carboxylic acids is 1.